The number of carbonyl (C=O) groups is 2. The fourth-order valence-corrected chi connectivity index (χ4v) is 3.68. The average Bonchev–Trinajstić information content (AvgIpc) is 2.95. The van der Waals surface area contributed by atoms with Crippen LogP contribution in [0.1, 0.15) is 90.9 Å². The summed E-state index contributed by atoms with van der Waals surface area (Å²) in [5.41, 5.74) is 0. The molecule has 0 aliphatic heterocycles. The monoisotopic (exact) mass is 606 g/mol. The molecule has 0 aromatic carbocycles. The summed E-state index contributed by atoms with van der Waals surface area (Å²) in [6, 6.07) is 0. The van der Waals surface area contributed by atoms with Gasteiger partial charge in [0.2, 0.25) is 0 Å². The average molecular weight is 607 g/mol. The van der Waals surface area contributed by atoms with Crippen molar-refractivity contribution in [2.45, 2.75) is 97.0 Å². The van der Waals surface area contributed by atoms with Crippen molar-refractivity contribution in [1.29, 1.82) is 0 Å². The Labute approximate surface area is 252 Å². The first-order chi connectivity index (χ1) is 20.3. The SMILES string of the molecule is CC/C=C/C=C/C=C/C=C/C=C/CCCC(=O)OC(COC(=O)CCCCC/C=C/C=C/CCCC)COP(=O)(O)O. The molecule has 0 saturated heterocycles. The zero-order chi connectivity index (χ0) is 31.2. The van der Waals surface area contributed by atoms with Gasteiger partial charge < -0.3 is 19.3 Å². The third-order valence-corrected chi connectivity index (χ3v) is 6.04. The van der Waals surface area contributed by atoms with E-state index in [-0.39, 0.29) is 19.4 Å². The quantitative estimate of drug-likeness (QED) is 0.0462. The van der Waals surface area contributed by atoms with Crippen LogP contribution in [-0.2, 0) is 28.2 Å². The molecule has 0 fully saturated rings. The number of esters is 2. The van der Waals surface area contributed by atoms with Gasteiger partial charge in [-0.3, -0.25) is 14.1 Å². The minimum absolute atomic E-state index is 0.105. The summed E-state index contributed by atoms with van der Waals surface area (Å²) in [6.45, 7) is 3.34. The largest absolute Gasteiger partial charge is 0.469 e. The molecule has 0 bridgehead atoms. The molecule has 0 aliphatic carbocycles. The van der Waals surface area contributed by atoms with E-state index in [9.17, 15) is 14.2 Å². The van der Waals surface area contributed by atoms with Crippen LogP contribution in [-0.4, -0.2) is 41.0 Å². The molecule has 8 nitrogen and oxygen atoms in total. The highest BCUT2D eigenvalue weighted by atomic mass is 31.2. The van der Waals surface area contributed by atoms with E-state index in [0.717, 1.165) is 32.1 Å². The highest BCUT2D eigenvalue weighted by molar-refractivity contribution is 7.46. The van der Waals surface area contributed by atoms with Crippen LogP contribution in [0, 0.1) is 0 Å². The molecule has 9 heteroatoms. The first kappa shape index (κ1) is 39.2. The van der Waals surface area contributed by atoms with Gasteiger partial charge in [-0.1, -0.05) is 118 Å². The number of hydrogen-bond acceptors (Lipinski definition) is 6. The first-order valence-electron chi connectivity index (χ1n) is 15.0. The standard InChI is InChI=1S/C33H51O8P/c1-3-5-7-9-11-13-15-16-18-20-22-24-26-28-33(35)41-31(30-40-42(36,37)38)29-39-32(34)27-25-23-21-19-17-14-12-10-8-6-4-2/h5,7,9-18,20,22,31H,3-4,6,8,19,21,23-30H2,1-2H3,(H2,36,37,38)/b7-5+,11-9+,12-10+,15-13+,17-14+,18-16+,22-20+. The lowest BCUT2D eigenvalue weighted by atomic mass is 10.1. The number of phosphoric ester groups is 1. The maximum absolute atomic E-state index is 12.2. The van der Waals surface area contributed by atoms with Crippen LogP contribution in [0.25, 0.3) is 0 Å². The molecular weight excluding hydrogens is 555 g/mol. The minimum Gasteiger partial charge on any atom is -0.462 e. The van der Waals surface area contributed by atoms with Gasteiger partial charge in [0.05, 0.1) is 6.61 Å². The molecule has 42 heavy (non-hydrogen) atoms. The van der Waals surface area contributed by atoms with Crippen molar-refractivity contribution in [1.82, 2.24) is 0 Å². The Morgan fingerprint density at radius 1 is 0.643 bits per heavy atom. The van der Waals surface area contributed by atoms with E-state index < -0.39 is 32.5 Å². The zero-order valence-electron chi connectivity index (χ0n) is 25.4. The lowest BCUT2D eigenvalue weighted by Crippen LogP contribution is -2.29. The number of ether oxygens (including phenoxy) is 2. The molecule has 2 N–H and O–H groups in total. The summed E-state index contributed by atoms with van der Waals surface area (Å²) in [5.74, 6) is -1.02. The normalized spacial score (nSPS) is 13.7. The summed E-state index contributed by atoms with van der Waals surface area (Å²) < 4.78 is 26.0. The molecule has 0 radical (unpaired) electrons. The van der Waals surface area contributed by atoms with E-state index in [1.54, 1.807) is 0 Å². The van der Waals surface area contributed by atoms with Crippen molar-refractivity contribution in [3.63, 3.8) is 0 Å². The highest BCUT2D eigenvalue weighted by Gasteiger charge is 2.22. The maximum Gasteiger partial charge on any atom is 0.469 e. The van der Waals surface area contributed by atoms with Gasteiger partial charge >= 0.3 is 19.8 Å². The number of hydrogen-bond donors (Lipinski definition) is 2. The van der Waals surface area contributed by atoms with E-state index in [2.05, 4.69) is 42.7 Å². The molecule has 0 amide bonds. The Hall–Kier alpha value is -2.77. The first-order valence-corrected chi connectivity index (χ1v) is 16.5. The molecule has 0 aliphatic rings. The van der Waals surface area contributed by atoms with Gasteiger partial charge in [-0.2, -0.15) is 0 Å². The molecule has 0 aromatic rings. The number of carbonyl (C=O) groups excluding carboxylic acids is 2. The van der Waals surface area contributed by atoms with Crippen LogP contribution < -0.4 is 0 Å². The van der Waals surface area contributed by atoms with Gasteiger partial charge in [0, 0.05) is 12.8 Å². The minimum atomic E-state index is -4.77. The van der Waals surface area contributed by atoms with Gasteiger partial charge in [-0.05, 0) is 44.9 Å². The van der Waals surface area contributed by atoms with E-state index in [1.807, 2.05) is 60.8 Å². The lowest BCUT2D eigenvalue weighted by Gasteiger charge is -2.18. The van der Waals surface area contributed by atoms with Crippen LogP contribution in [0.4, 0.5) is 0 Å². The van der Waals surface area contributed by atoms with Crippen LogP contribution in [0.15, 0.2) is 85.1 Å². The summed E-state index contributed by atoms with van der Waals surface area (Å²) in [5, 5.41) is 0. The molecule has 0 aromatic heterocycles. The van der Waals surface area contributed by atoms with Crippen molar-refractivity contribution < 1.29 is 37.9 Å². The van der Waals surface area contributed by atoms with E-state index >= 15 is 0 Å². The Balaban J connectivity index is 4.30. The summed E-state index contributed by atoms with van der Waals surface area (Å²) in [6.07, 6.45) is 36.1. The number of rotatable bonds is 25. The van der Waals surface area contributed by atoms with Gasteiger partial charge in [0.1, 0.15) is 6.61 Å². The molecule has 0 saturated carbocycles. The van der Waals surface area contributed by atoms with Gasteiger partial charge in [-0.25, -0.2) is 4.57 Å². The van der Waals surface area contributed by atoms with Crippen LogP contribution in [0.2, 0.25) is 0 Å². The third-order valence-electron chi connectivity index (χ3n) is 5.55. The van der Waals surface area contributed by atoms with Crippen LogP contribution >= 0.6 is 7.82 Å². The second-order valence-electron chi connectivity index (χ2n) is 9.49. The molecule has 1 unspecified atom stereocenters. The predicted octanol–water partition coefficient (Wildman–Crippen LogP) is 8.17. The number of phosphoric acid groups is 1. The topological polar surface area (TPSA) is 119 Å². The Morgan fingerprint density at radius 2 is 1.17 bits per heavy atom. The van der Waals surface area contributed by atoms with Crippen LogP contribution in [0.3, 0.4) is 0 Å². The van der Waals surface area contributed by atoms with Crippen molar-refractivity contribution in [3.05, 3.63) is 85.1 Å². The summed E-state index contributed by atoms with van der Waals surface area (Å²) in [4.78, 5) is 42.3. The third kappa shape index (κ3) is 30.2. The lowest BCUT2D eigenvalue weighted by molar-refractivity contribution is -0.161. The zero-order valence-corrected chi connectivity index (χ0v) is 26.2. The van der Waals surface area contributed by atoms with E-state index in [0.29, 0.717) is 19.3 Å². The second-order valence-corrected chi connectivity index (χ2v) is 10.7. The molecule has 1 atom stereocenters. The molecule has 0 rings (SSSR count). The smallest absolute Gasteiger partial charge is 0.462 e. The molecule has 236 valence electrons. The van der Waals surface area contributed by atoms with Crippen molar-refractivity contribution in [2.75, 3.05) is 13.2 Å². The highest BCUT2D eigenvalue weighted by Crippen LogP contribution is 2.35. The van der Waals surface area contributed by atoms with Gasteiger partial charge in [0.25, 0.3) is 0 Å². The fourth-order valence-electron chi connectivity index (χ4n) is 3.32. The predicted molar refractivity (Wildman–Crippen MR) is 170 cm³/mol. The number of allylic oxidation sites excluding steroid dienone is 14. The second kappa shape index (κ2) is 28.4. The molecular formula is C33H51O8P. The van der Waals surface area contributed by atoms with Crippen LogP contribution in [0.5, 0.6) is 0 Å². The summed E-state index contributed by atoms with van der Waals surface area (Å²) >= 11 is 0. The van der Waals surface area contributed by atoms with Crippen molar-refractivity contribution in [3.8, 4) is 0 Å². The molecule has 0 heterocycles. The van der Waals surface area contributed by atoms with Crippen molar-refractivity contribution in [2.24, 2.45) is 0 Å². The maximum atomic E-state index is 12.2. The van der Waals surface area contributed by atoms with Gasteiger partial charge in [0.15, 0.2) is 6.10 Å². The van der Waals surface area contributed by atoms with Crippen molar-refractivity contribution >= 4 is 19.8 Å². The Kier molecular flexibility index (Phi) is 26.5. The fraction of sp³-hybridized carbons (Fsp3) is 0.515. The van der Waals surface area contributed by atoms with E-state index in [1.165, 1.54) is 12.8 Å². The van der Waals surface area contributed by atoms with Gasteiger partial charge in [-0.15, -0.1) is 0 Å². The Bertz CT molecular complexity index is 953. The summed E-state index contributed by atoms with van der Waals surface area (Å²) in [7, 11) is -4.77. The van der Waals surface area contributed by atoms with E-state index in [4.69, 9.17) is 19.3 Å². The Morgan fingerprint density at radius 3 is 1.76 bits per heavy atom. The number of unbranched alkanes of at least 4 members (excludes halogenated alkanes) is 6. The molecule has 0 spiro atoms.